The van der Waals surface area contributed by atoms with Crippen LogP contribution in [0.5, 0.6) is 5.75 Å². The zero-order valence-electron chi connectivity index (χ0n) is 15.7. The molecule has 2 aromatic rings. The van der Waals surface area contributed by atoms with Crippen molar-refractivity contribution in [3.8, 4) is 5.75 Å². The second kappa shape index (κ2) is 8.75. The number of anilines is 1. The van der Waals surface area contributed by atoms with E-state index in [9.17, 15) is 4.79 Å². The third-order valence-electron chi connectivity index (χ3n) is 4.90. The quantitative estimate of drug-likeness (QED) is 0.821. The molecule has 1 aliphatic heterocycles. The predicted octanol–water partition coefficient (Wildman–Crippen LogP) is 3.93. The number of ether oxygens (including phenoxy) is 1. The SMILES string of the molecule is CCc1ccccc1OC(C)C(=O)NCc1ccc(N2CCCC2)cc1. The van der Waals surface area contributed by atoms with E-state index < -0.39 is 6.10 Å². The summed E-state index contributed by atoms with van der Waals surface area (Å²) in [7, 11) is 0. The molecule has 4 nitrogen and oxygen atoms in total. The van der Waals surface area contributed by atoms with E-state index in [0.717, 1.165) is 36.4 Å². The Bertz CT molecular complexity index is 721. The third kappa shape index (κ3) is 4.57. The van der Waals surface area contributed by atoms with Gasteiger partial charge in [-0.1, -0.05) is 37.3 Å². The number of nitrogens with one attached hydrogen (secondary N) is 1. The van der Waals surface area contributed by atoms with E-state index in [2.05, 4.69) is 41.4 Å². The molecule has 1 aliphatic rings. The van der Waals surface area contributed by atoms with Crippen LogP contribution in [-0.4, -0.2) is 25.1 Å². The molecule has 0 radical (unpaired) electrons. The summed E-state index contributed by atoms with van der Waals surface area (Å²) in [6.07, 6.45) is 2.91. The minimum atomic E-state index is -0.522. The number of rotatable bonds is 7. The molecule has 0 aromatic heterocycles. The van der Waals surface area contributed by atoms with Crippen LogP contribution in [0.1, 0.15) is 37.8 Å². The molecule has 26 heavy (non-hydrogen) atoms. The van der Waals surface area contributed by atoms with Crippen molar-refractivity contribution >= 4 is 11.6 Å². The van der Waals surface area contributed by atoms with Gasteiger partial charge in [0, 0.05) is 25.3 Å². The standard InChI is InChI=1S/C22H28N2O2/c1-3-19-8-4-5-9-21(19)26-17(2)22(25)23-16-18-10-12-20(13-11-18)24-14-6-7-15-24/h4-5,8-13,17H,3,6-7,14-16H2,1-2H3,(H,23,25). The number of hydrogen-bond acceptors (Lipinski definition) is 3. The van der Waals surface area contributed by atoms with Crippen LogP contribution < -0.4 is 15.0 Å². The van der Waals surface area contributed by atoms with Crippen LogP contribution >= 0.6 is 0 Å². The molecule has 1 unspecified atom stereocenters. The fraction of sp³-hybridized carbons (Fsp3) is 0.409. The Balaban J connectivity index is 1.51. The molecule has 1 fully saturated rings. The average molecular weight is 352 g/mol. The number of aryl methyl sites for hydroxylation is 1. The van der Waals surface area contributed by atoms with Crippen molar-refractivity contribution in [3.63, 3.8) is 0 Å². The van der Waals surface area contributed by atoms with E-state index in [0.29, 0.717) is 6.54 Å². The smallest absolute Gasteiger partial charge is 0.261 e. The van der Waals surface area contributed by atoms with Gasteiger partial charge < -0.3 is 15.0 Å². The van der Waals surface area contributed by atoms with Crippen LogP contribution in [-0.2, 0) is 17.8 Å². The number of benzene rings is 2. The second-order valence-electron chi connectivity index (χ2n) is 6.80. The molecule has 138 valence electrons. The van der Waals surface area contributed by atoms with E-state index in [1.165, 1.54) is 18.5 Å². The van der Waals surface area contributed by atoms with Crippen molar-refractivity contribution in [3.05, 3.63) is 59.7 Å². The van der Waals surface area contributed by atoms with E-state index in [1.807, 2.05) is 24.3 Å². The van der Waals surface area contributed by atoms with E-state index >= 15 is 0 Å². The van der Waals surface area contributed by atoms with Gasteiger partial charge in [0.25, 0.3) is 5.91 Å². The fourth-order valence-corrected chi connectivity index (χ4v) is 3.29. The Labute approximate surface area is 156 Å². The number of nitrogens with zero attached hydrogens (tertiary/aromatic N) is 1. The summed E-state index contributed by atoms with van der Waals surface area (Å²) in [6.45, 7) is 6.67. The molecule has 4 heteroatoms. The number of carbonyl (C=O) groups excluding carboxylic acids is 1. The highest BCUT2D eigenvalue weighted by Crippen LogP contribution is 2.21. The Morgan fingerprint density at radius 1 is 1.12 bits per heavy atom. The summed E-state index contributed by atoms with van der Waals surface area (Å²) in [5.41, 5.74) is 3.48. The number of amides is 1. The average Bonchev–Trinajstić information content (AvgIpc) is 3.21. The topological polar surface area (TPSA) is 41.6 Å². The van der Waals surface area contributed by atoms with Gasteiger partial charge >= 0.3 is 0 Å². The molecule has 1 N–H and O–H groups in total. The van der Waals surface area contributed by atoms with Crippen LogP contribution in [0.4, 0.5) is 5.69 Å². The summed E-state index contributed by atoms with van der Waals surface area (Å²) in [5.74, 6) is 0.687. The van der Waals surface area contributed by atoms with E-state index in [4.69, 9.17) is 4.74 Å². The van der Waals surface area contributed by atoms with Crippen molar-refractivity contribution in [2.45, 2.75) is 45.8 Å². The maximum atomic E-state index is 12.4. The van der Waals surface area contributed by atoms with E-state index in [-0.39, 0.29) is 5.91 Å². The fourth-order valence-electron chi connectivity index (χ4n) is 3.29. The number of para-hydroxylation sites is 1. The first-order valence-electron chi connectivity index (χ1n) is 9.53. The lowest BCUT2D eigenvalue weighted by atomic mass is 10.1. The first-order chi connectivity index (χ1) is 12.7. The van der Waals surface area contributed by atoms with Crippen LogP contribution in [0.15, 0.2) is 48.5 Å². The Kier molecular flexibility index (Phi) is 6.16. The molecule has 0 aliphatic carbocycles. The van der Waals surface area contributed by atoms with Crippen LogP contribution in [0.25, 0.3) is 0 Å². The number of carbonyl (C=O) groups is 1. The lowest BCUT2D eigenvalue weighted by molar-refractivity contribution is -0.127. The van der Waals surface area contributed by atoms with Crippen molar-refractivity contribution in [2.24, 2.45) is 0 Å². The molecule has 0 saturated carbocycles. The summed E-state index contributed by atoms with van der Waals surface area (Å²) in [4.78, 5) is 14.8. The van der Waals surface area contributed by atoms with E-state index in [1.54, 1.807) is 6.92 Å². The van der Waals surface area contributed by atoms with Gasteiger partial charge in [-0.15, -0.1) is 0 Å². The number of hydrogen-bond donors (Lipinski definition) is 1. The zero-order valence-corrected chi connectivity index (χ0v) is 15.7. The Morgan fingerprint density at radius 2 is 1.81 bits per heavy atom. The van der Waals surface area contributed by atoms with Gasteiger partial charge in [0.05, 0.1) is 0 Å². The highest BCUT2D eigenvalue weighted by molar-refractivity contribution is 5.80. The molecule has 1 saturated heterocycles. The highest BCUT2D eigenvalue weighted by atomic mass is 16.5. The summed E-state index contributed by atoms with van der Waals surface area (Å²) in [6, 6.07) is 16.3. The molecule has 2 aromatic carbocycles. The lowest BCUT2D eigenvalue weighted by Crippen LogP contribution is -2.36. The van der Waals surface area contributed by atoms with Gasteiger partial charge in [-0.25, -0.2) is 0 Å². The van der Waals surface area contributed by atoms with Gasteiger partial charge in [0.2, 0.25) is 0 Å². The van der Waals surface area contributed by atoms with Crippen molar-refractivity contribution < 1.29 is 9.53 Å². The maximum absolute atomic E-state index is 12.4. The summed E-state index contributed by atoms with van der Waals surface area (Å²) < 4.78 is 5.85. The van der Waals surface area contributed by atoms with Gasteiger partial charge in [-0.2, -0.15) is 0 Å². The minimum absolute atomic E-state index is 0.0977. The highest BCUT2D eigenvalue weighted by Gasteiger charge is 2.16. The largest absolute Gasteiger partial charge is 0.481 e. The van der Waals surface area contributed by atoms with Gasteiger partial charge in [0.15, 0.2) is 6.10 Å². The monoisotopic (exact) mass is 352 g/mol. The molecule has 1 amide bonds. The Morgan fingerprint density at radius 3 is 2.50 bits per heavy atom. The molecule has 0 spiro atoms. The molecule has 1 atom stereocenters. The predicted molar refractivity (Wildman–Crippen MR) is 106 cm³/mol. The summed E-state index contributed by atoms with van der Waals surface area (Å²) in [5, 5.41) is 2.97. The Hall–Kier alpha value is -2.49. The second-order valence-corrected chi connectivity index (χ2v) is 6.80. The molecule has 0 bridgehead atoms. The normalized spacial score (nSPS) is 14.9. The minimum Gasteiger partial charge on any atom is -0.481 e. The van der Waals surface area contributed by atoms with Crippen LogP contribution in [0.3, 0.4) is 0 Å². The van der Waals surface area contributed by atoms with Gasteiger partial charge in [0.1, 0.15) is 5.75 Å². The van der Waals surface area contributed by atoms with Crippen molar-refractivity contribution in [1.29, 1.82) is 0 Å². The first kappa shape index (κ1) is 18.3. The van der Waals surface area contributed by atoms with Crippen molar-refractivity contribution in [2.75, 3.05) is 18.0 Å². The van der Waals surface area contributed by atoms with Crippen LogP contribution in [0, 0.1) is 0 Å². The van der Waals surface area contributed by atoms with Gasteiger partial charge in [-0.3, -0.25) is 4.79 Å². The molecule has 3 rings (SSSR count). The molecular weight excluding hydrogens is 324 g/mol. The third-order valence-corrected chi connectivity index (χ3v) is 4.90. The summed E-state index contributed by atoms with van der Waals surface area (Å²) >= 11 is 0. The molecule has 1 heterocycles. The maximum Gasteiger partial charge on any atom is 0.261 e. The lowest BCUT2D eigenvalue weighted by Gasteiger charge is -2.18. The molecular formula is C22H28N2O2. The van der Waals surface area contributed by atoms with Crippen molar-refractivity contribution in [1.82, 2.24) is 5.32 Å². The first-order valence-corrected chi connectivity index (χ1v) is 9.53. The zero-order chi connectivity index (χ0) is 18.4. The van der Waals surface area contributed by atoms with Gasteiger partial charge in [-0.05, 0) is 55.5 Å². The van der Waals surface area contributed by atoms with Crippen LogP contribution in [0.2, 0.25) is 0 Å².